The molecule has 0 fully saturated rings. The van der Waals surface area contributed by atoms with E-state index in [1.165, 1.54) is 0 Å². The van der Waals surface area contributed by atoms with Crippen molar-refractivity contribution in [3.8, 4) is 5.75 Å². The number of para-hydroxylation sites is 1. The summed E-state index contributed by atoms with van der Waals surface area (Å²) in [4.78, 5) is 16.4. The van der Waals surface area contributed by atoms with Crippen molar-refractivity contribution in [3.05, 3.63) is 71.4 Å². The third-order valence-electron chi connectivity index (χ3n) is 3.53. The van der Waals surface area contributed by atoms with Gasteiger partial charge >= 0.3 is 0 Å². The minimum Gasteiger partial charge on any atom is -0.479 e. The maximum absolute atomic E-state index is 12.1. The molecule has 1 aromatic heterocycles. The van der Waals surface area contributed by atoms with Crippen molar-refractivity contribution in [1.82, 2.24) is 10.4 Å². The zero-order chi connectivity index (χ0) is 17.6. The molecule has 1 amide bonds. The standard InChI is InChI=1S/C19H16ClN3O2/c1-13(19(24)23-22-12-14-7-9-16(20)10-8-14)25-17-6-2-4-15-5-3-11-21-18(15)17/h2-13H,1H3,(H,23,24)/b22-12-/t13-/m0/s1. The fourth-order valence-corrected chi connectivity index (χ4v) is 2.35. The minimum absolute atomic E-state index is 0.349. The Balaban J connectivity index is 1.63. The molecule has 0 aliphatic rings. The van der Waals surface area contributed by atoms with Crippen LogP contribution in [-0.4, -0.2) is 23.2 Å². The van der Waals surface area contributed by atoms with Crippen LogP contribution < -0.4 is 10.2 Å². The van der Waals surface area contributed by atoms with E-state index in [-0.39, 0.29) is 5.91 Å². The average Bonchev–Trinajstić information content (AvgIpc) is 2.63. The lowest BCUT2D eigenvalue weighted by molar-refractivity contribution is -0.127. The summed E-state index contributed by atoms with van der Waals surface area (Å²) in [6.07, 6.45) is 2.52. The zero-order valence-corrected chi connectivity index (χ0v) is 14.3. The topological polar surface area (TPSA) is 63.6 Å². The van der Waals surface area contributed by atoms with Crippen molar-refractivity contribution in [1.29, 1.82) is 0 Å². The highest BCUT2D eigenvalue weighted by Gasteiger charge is 2.15. The van der Waals surface area contributed by atoms with Gasteiger partial charge in [0.05, 0.1) is 6.21 Å². The highest BCUT2D eigenvalue weighted by Crippen LogP contribution is 2.23. The van der Waals surface area contributed by atoms with Crippen LogP contribution in [0.15, 0.2) is 65.9 Å². The predicted molar refractivity (Wildman–Crippen MR) is 99.0 cm³/mol. The van der Waals surface area contributed by atoms with Crippen LogP contribution in [0, 0.1) is 0 Å². The molecule has 126 valence electrons. The van der Waals surface area contributed by atoms with E-state index in [0.717, 1.165) is 10.9 Å². The molecule has 0 aliphatic carbocycles. The Labute approximate surface area is 150 Å². The largest absolute Gasteiger partial charge is 0.479 e. The average molecular weight is 354 g/mol. The van der Waals surface area contributed by atoms with Gasteiger partial charge in [0.1, 0.15) is 11.3 Å². The number of hydrazone groups is 1. The molecule has 3 rings (SSSR count). The van der Waals surface area contributed by atoms with Crippen LogP contribution in [0.2, 0.25) is 5.02 Å². The summed E-state index contributed by atoms with van der Waals surface area (Å²) < 4.78 is 5.74. The second-order valence-electron chi connectivity index (χ2n) is 5.38. The summed E-state index contributed by atoms with van der Waals surface area (Å²) >= 11 is 5.82. The van der Waals surface area contributed by atoms with E-state index < -0.39 is 6.10 Å². The summed E-state index contributed by atoms with van der Waals surface area (Å²) in [5, 5.41) is 5.53. The molecule has 25 heavy (non-hydrogen) atoms. The Morgan fingerprint density at radius 3 is 2.76 bits per heavy atom. The summed E-state index contributed by atoms with van der Waals surface area (Å²) in [6.45, 7) is 1.66. The van der Waals surface area contributed by atoms with Gasteiger partial charge in [0.2, 0.25) is 0 Å². The fourth-order valence-electron chi connectivity index (χ4n) is 2.23. The molecular formula is C19H16ClN3O2. The van der Waals surface area contributed by atoms with Gasteiger partial charge in [0, 0.05) is 16.6 Å². The van der Waals surface area contributed by atoms with Crippen LogP contribution in [0.4, 0.5) is 0 Å². The van der Waals surface area contributed by atoms with Crippen LogP contribution >= 0.6 is 11.6 Å². The van der Waals surface area contributed by atoms with Crippen molar-refractivity contribution < 1.29 is 9.53 Å². The number of rotatable bonds is 5. The Hall–Kier alpha value is -2.92. The third-order valence-corrected chi connectivity index (χ3v) is 3.78. The molecule has 0 unspecified atom stereocenters. The third kappa shape index (κ3) is 4.33. The van der Waals surface area contributed by atoms with Gasteiger partial charge in [-0.2, -0.15) is 5.10 Å². The number of ether oxygens (including phenoxy) is 1. The number of pyridine rings is 1. The predicted octanol–water partition coefficient (Wildman–Crippen LogP) is 3.81. The molecule has 3 aromatic rings. The molecule has 1 N–H and O–H groups in total. The lowest BCUT2D eigenvalue weighted by Crippen LogP contribution is -2.33. The molecule has 6 heteroatoms. The van der Waals surface area contributed by atoms with Crippen molar-refractivity contribution in [2.75, 3.05) is 0 Å². The van der Waals surface area contributed by atoms with Gasteiger partial charge < -0.3 is 4.74 Å². The van der Waals surface area contributed by atoms with Gasteiger partial charge in [0.15, 0.2) is 6.10 Å². The number of carbonyl (C=O) groups is 1. The molecule has 2 aromatic carbocycles. The Morgan fingerprint density at radius 2 is 1.96 bits per heavy atom. The maximum atomic E-state index is 12.1. The summed E-state index contributed by atoms with van der Waals surface area (Å²) in [6, 6.07) is 16.5. The number of aromatic nitrogens is 1. The first-order chi connectivity index (χ1) is 12.1. The minimum atomic E-state index is -0.713. The van der Waals surface area contributed by atoms with Gasteiger partial charge in [-0.1, -0.05) is 41.9 Å². The quantitative estimate of drug-likeness (QED) is 0.560. The molecule has 5 nitrogen and oxygen atoms in total. The second kappa shape index (κ2) is 7.77. The van der Waals surface area contributed by atoms with E-state index >= 15 is 0 Å². The molecular weight excluding hydrogens is 338 g/mol. The number of halogens is 1. The van der Waals surface area contributed by atoms with Crippen LogP contribution in [0.5, 0.6) is 5.75 Å². The molecule has 0 aliphatic heterocycles. The van der Waals surface area contributed by atoms with E-state index in [1.807, 2.05) is 24.3 Å². The lowest BCUT2D eigenvalue weighted by atomic mass is 10.2. The SMILES string of the molecule is C[C@H](Oc1cccc2cccnc12)C(=O)N/N=C\c1ccc(Cl)cc1. The number of fused-ring (bicyclic) bond motifs is 1. The van der Waals surface area contributed by atoms with E-state index in [0.29, 0.717) is 16.3 Å². The van der Waals surface area contributed by atoms with E-state index in [9.17, 15) is 4.79 Å². The first kappa shape index (κ1) is 16.9. The number of amides is 1. The Morgan fingerprint density at radius 1 is 1.20 bits per heavy atom. The van der Waals surface area contributed by atoms with Crippen molar-refractivity contribution in [2.24, 2.45) is 5.10 Å². The smallest absolute Gasteiger partial charge is 0.280 e. The lowest BCUT2D eigenvalue weighted by Gasteiger charge is -2.14. The van der Waals surface area contributed by atoms with Gasteiger partial charge in [0.25, 0.3) is 5.91 Å². The number of nitrogens with one attached hydrogen (secondary N) is 1. The van der Waals surface area contributed by atoms with Gasteiger partial charge in [-0.25, -0.2) is 5.43 Å². The summed E-state index contributed by atoms with van der Waals surface area (Å²) in [5.41, 5.74) is 4.01. The molecule has 0 saturated heterocycles. The van der Waals surface area contributed by atoms with Crippen LogP contribution in [0.3, 0.4) is 0 Å². The van der Waals surface area contributed by atoms with E-state index in [4.69, 9.17) is 16.3 Å². The van der Waals surface area contributed by atoms with Crippen LogP contribution in [-0.2, 0) is 4.79 Å². The Kier molecular flexibility index (Phi) is 5.26. The molecule has 0 radical (unpaired) electrons. The van der Waals surface area contributed by atoms with Crippen LogP contribution in [0.25, 0.3) is 10.9 Å². The van der Waals surface area contributed by atoms with E-state index in [1.54, 1.807) is 49.7 Å². The molecule has 0 saturated carbocycles. The Bertz CT molecular complexity index is 905. The van der Waals surface area contributed by atoms with E-state index in [2.05, 4.69) is 15.5 Å². The fraction of sp³-hybridized carbons (Fsp3) is 0.105. The monoisotopic (exact) mass is 353 g/mol. The molecule has 1 heterocycles. The maximum Gasteiger partial charge on any atom is 0.280 e. The number of hydrogen-bond donors (Lipinski definition) is 1. The van der Waals surface area contributed by atoms with Crippen molar-refractivity contribution in [3.63, 3.8) is 0 Å². The number of nitrogens with zero attached hydrogens (tertiary/aromatic N) is 2. The number of carbonyl (C=O) groups excluding carboxylic acids is 1. The summed E-state index contributed by atoms with van der Waals surface area (Å²) in [7, 11) is 0. The van der Waals surface area contributed by atoms with Gasteiger partial charge in [-0.15, -0.1) is 0 Å². The zero-order valence-electron chi connectivity index (χ0n) is 13.5. The molecule has 1 atom stereocenters. The number of benzene rings is 2. The first-order valence-corrected chi connectivity index (χ1v) is 8.10. The van der Waals surface area contributed by atoms with Crippen molar-refractivity contribution >= 4 is 34.6 Å². The molecule has 0 spiro atoms. The van der Waals surface area contributed by atoms with Gasteiger partial charge in [-0.05, 0) is 36.8 Å². The summed E-state index contributed by atoms with van der Waals surface area (Å²) in [5.74, 6) is 0.209. The van der Waals surface area contributed by atoms with Crippen LogP contribution in [0.1, 0.15) is 12.5 Å². The number of hydrogen-bond acceptors (Lipinski definition) is 4. The first-order valence-electron chi connectivity index (χ1n) is 7.72. The van der Waals surface area contributed by atoms with Crippen molar-refractivity contribution in [2.45, 2.75) is 13.0 Å². The van der Waals surface area contributed by atoms with Gasteiger partial charge in [-0.3, -0.25) is 9.78 Å². The highest BCUT2D eigenvalue weighted by atomic mass is 35.5. The normalized spacial score (nSPS) is 12.2. The molecule has 0 bridgehead atoms. The second-order valence-corrected chi connectivity index (χ2v) is 5.81. The highest BCUT2D eigenvalue weighted by molar-refractivity contribution is 6.30.